The maximum Gasteiger partial charge on any atom is 0.308 e. The molecule has 0 radical (unpaired) electrons. The number of carbonyl (C=O) groups is 5. The maximum atomic E-state index is 13.0. The first-order valence-electron chi connectivity index (χ1n) is 9.78. The molecule has 10 nitrogen and oxygen atoms in total. The average molecular weight is 456 g/mol. The van der Waals surface area contributed by atoms with Crippen LogP contribution in [0.2, 0.25) is 0 Å². The molecular weight excluding hydrogens is 436 g/mol. The van der Waals surface area contributed by atoms with Crippen LogP contribution in [0.5, 0.6) is 28.7 Å². The van der Waals surface area contributed by atoms with Crippen molar-refractivity contribution >= 4 is 29.7 Å². The van der Waals surface area contributed by atoms with Crippen LogP contribution < -0.4 is 23.7 Å². The molecule has 2 aromatic rings. The van der Waals surface area contributed by atoms with Crippen LogP contribution in [-0.2, 0) is 19.2 Å². The molecule has 0 saturated carbocycles. The number of Topliss-reactive ketones (excluding diaryl/α,β-unsaturated/α-hetero) is 1. The average Bonchev–Trinajstić information content (AvgIpc) is 2.65. The predicted octanol–water partition coefficient (Wildman–Crippen LogP) is 3.09. The van der Waals surface area contributed by atoms with E-state index >= 15 is 0 Å². The Morgan fingerprint density at radius 3 is 1.70 bits per heavy atom. The standard InChI is InChI=1S/C23H20O10/c1-11(24)29-16-5-15(6-17(7-16)30-12(2)25)20-10-19(28)23-21(32-14(4)27)8-18(31-13(3)26)9-22(23)33-20/h5-9,20H,10H2,1-4H3. The van der Waals surface area contributed by atoms with E-state index < -0.39 is 35.8 Å². The van der Waals surface area contributed by atoms with E-state index in [-0.39, 0.29) is 40.7 Å². The second-order valence-corrected chi connectivity index (χ2v) is 7.14. The number of fused-ring (bicyclic) bond motifs is 1. The molecule has 0 saturated heterocycles. The topological polar surface area (TPSA) is 132 Å². The number of hydrogen-bond acceptors (Lipinski definition) is 10. The minimum Gasteiger partial charge on any atom is -0.484 e. The van der Waals surface area contributed by atoms with E-state index in [0.29, 0.717) is 5.56 Å². The first-order valence-corrected chi connectivity index (χ1v) is 9.78. The van der Waals surface area contributed by atoms with Crippen LogP contribution in [0.15, 0.2) is 30.3 Å². The summed E-state index contributed by atoms with van der Waals surface area (Å²) in [6.07, 6.45) is -1.02. The second kappa shape index (κ2) is 9.51. The van der Waals surface area contributed by atoms with Crippen molar-refractivity contribution in [1.82, 2.24) is 0 Å². The molecule has 33 heavy (non-hydrogen) atoms. The van der Waals surface area contributed by atoms with Gasteiger partial charge in [0.05, 0.1) is 6.42 Å². The van der Waals surface area contributed by atoms with Gasteiger partial charge >= 0.3 is 23.9 Å². The molecule has 1 aliphatic heterocycles. The first kappa shape index (κ1) is 23.5. The Labute approximate surface area is 188 Å². The summed E-state index contributed by atoms with van der Waals surface area (Å²) >= 11 is 0. The molecule has 172 valence electrons. The minimum absolute atomic E-state index is 0.0141. The third-order valence-electron chi connectivity index (χ3n) is 4.27. The van der Waals surface area contributed by atoms with Crippen LogP contribution in [0.1, 0.15) is 56.1 Å². The minimum atomic E-state index is -0.868. The van der Waals surface area contributed by atoms with Crippen molar-refractivity contribution in [3.8, 4) is 28.7 Å². The van der Waals surface area contributed by atoms with Gasteiger partial charge in [0.25, 0.3) is 0 Å². The van der Waals surface area contributed by atoms with Crippen molar-refractivity contribution < 1.29 is 47.7 Å². The van der Waals surface area contributed by atoms with Crippen molar-refractivity contribution in [2.24, 2.45) is 0 Å². The van der Waals surface area contributed by atoms with E-state index in [1.165, 1.54) is 58.0 Å². The van der Waals surface area contributed by atoms with E-state index in [4.69, 9.17) is 23.7 Å². The Kier molecular flexibility index (Phi) is 6.76. The molecule has 0 aliphatic carbocycles. The SMILES string of the molecule is CC(=O)Oc1cc(OC(C)=O)cc(C2CC(=O)c3c(OC(C)=O)cc(OC(C)=O)cc3O2)c1. The van der Waals surface area contributed by atoms with Gasteiger partial charge in [-0.05, 0) is 12.1 Å². The summed E-state index contributed by atoms with van der Waals surface area (Å²) in [6, 6.07) is 6.88. The number of esters is 4. The normalized spacial score (nSPS) is 14.4. The largest absolute Gasteiger partial charge is 0.484 e. The van der Waals surface area contributed by atoms with Gasteiger partial charge in [-0.3, -0.25) is 24.0 Å². The van der Waals surface area contributed by atoms with Crippen molar-refractivity contribution in [3.05, 3.63) is 41.5 Å². The lowest BCUT2D eigenvalue weighted by molar-refractivity contribution is -0.133. The molecule has 0 aromatic heterocycles. The van der Waals surface area contributed by atoms with E-state index in [9.17, 15) is 24.0 Å². The highest BCUT2D eigenvalue weighted by molar-refractivity contribution is 6.03. The molecule has 0 bridgehead atoms. The number of benzene rings is 2. The van der Waals surface area contributed by atoms with Crippen LogP contribution >= 0.6 is 0 Å². The molecule has 1 heterocycles. The van der Waals surface area contributed by atoms with Crippen molar-refractivity contribution in [1.29, 1.82) is 0 Å². The molecule has 1 unspecified atom stereocenters. The van der Waals surface area contributed by atoms with Crippen LogP contribution in [-0.4, -0.2) is 29.7 Å². The fraction of sp³-hybridized carbons (Fsp3) is 0.261. The van der Waals surface area contributed by atoms with Gasteiger partial charge in [0, 0.05) is 51.5 Å². The summed E-state index contributed by atoms with van der Waals surface area (Å²) in [5.41, 5.74) is 0.407. The van der Waals surface area contributed by atoms with Gasteiger partial charge in [-0.2, -0.15) is 0 Å². The molecule has 1 atom stereocenters. The Bertz CT molecular complexity index is 1130. The lowest BCUT2D eigenvalue weighted by atomic mass is 9.95. The Morgan fingerprint density at radius 2 is 1.21 bits per heavy atom. The summed E-state index contributed by atoms with van der Waals surface area (Å²) in [7, 11) is 0. The van der Waals surface area contributed by atoms with E-state index in [2.05, 4.69) is 0 Å². The van der Waals surface area contributed by atoms with Crippen molar-refractivity contribution in [2.45, 2.75) is 40.2 Å². The summed E-state index contributed by atoms with van der Waals surface area (Å²) in [6.45, 7) is 4.78. The lowest BCUT2D eigenvalue weighted by Gasteiger charge is -2.27. The molecule has 2 aromatic carbocycles. The van der Waals surface area contributed by atoms with E-state index in [1.807, 2.05) is 0 Å². The van der Waals surface area contributed by atoms with Gasteiger partial charge < -0.3 is 23.7 Å². The number of ketones is 1. The van der Waals surface area contributed by atoms with Crippen LogP contribution in [0, 0.1) is 0 Å². The smallest absolute Gasteiger partial charge is 0.308 e. The zero-order valence-corrected chi connectivity index (χ0v) is 18.3. The first-order chi connectivity index (χ1) is 15.5. The van der Waals surface area contributed by atoms with Gasteiger partial charge in [0.1, 0.15) is 40.4 Å². The summed E-state index contributed by atoms with van der Waals surface area (Å²) in [5, 5.41) is 0. The number of carbonyl (C=O) groups excluding carboxylic acids is 5. The summed E-state index contributed by atoms with van der Waals surface area (Å²) in [5.74, 6) is -2.77. The molecule has 0 fully saturated rings. The zero-order chi connectivity index (χ0) is 24.3. The molecule has 0 N–H and O–H groups in total. The zero-order valence-electron chi connectivity index (χ0n) is 18.3. The van der Waals surface area contributed by atoms with Gasteiger partial charge in [-0.25, -0.2) is 0 Å². The van der Waals surface area contributed by atoms with Gasteiger partial charge in [0.2, 0.25) is 0 Å². The number of hydrogen-bond donors (Lipinski definition) is 0. The van der Waals surface area contributed by atoms with Gasteiger partial charge in [0.15, 0.2) is 5.78 Å². The monoisotopic (exact) mass is 456 g/mol. The summed E-state index contributed by atoms with van der Waals surface area (Å²) in [4.78, 5) is 58.7. The van der Waals surface area contributed by atoms with Crippen LogP contribution in [0.4, 0.5) is 0 Å². The molecule has 10 heteroatoms. The Morgan fingerprint density at radius 1 is 0.727 bits per heavy atom. The van der Waals surface area contributed by atoms with Gasteiger partial charge in [-0.15, -0.1) is 0 Å². The fourth-order valence-electron chi connectivity index (χ4n) is 3.27. The quantitative estimate of drug-likeness (QED) is 0.488. The predicted molar refractivity (Wildman–Crippen MR) is 110 cm³/mol. The molecule has 0 spiro atoms. The Balaban J connectivity index is 2.05. The highest BCUT2D eigenvalue weighted by Crippen LogP contribution is 2.43. The fourth-order valence-corrected chi connectivity index (χ4v) is 3.27. The third-order valence-corrected chi connectivity index (χ3v) is 4.27. The number of rotatable bonds is 5. The van der Waals surface area contributed by atoms with Crippen molar-refractivity contribution in [2.75, 3.05) is 0 Å². The molecule has 0 amide bonds. The lowest BCUT2D eigenvalue weighted by Crippen LogP contribution is -2.22. The molecule has 1 aliphatic rings. The highest BCUT2D eigenvalue weighted by Gasteiger charge is 2.33. The second-order valence-electron chi connectivity index (χ2n) is 7.14. The van der Waals surface area contributed by atoms with Gasteiger partial charge in [-0.1, -0.05) is 0 Å². The number of ether oxygens (including phenoxy) is 5. The summed E-state index contributed by atoms with van der Waals surface area (Å²) < 4.78 is 26.4. The molecular formula is C23H20O10. The maximum absolute atomic E-state index is 13.0. The highest BCUT2D eigenvalue weighted by atomic mass is 16.6. The van der Waals surface area contributed by atoms with Crippen LogP contribution in [0.25, 0.3) is 0 Å². The Hall–Kier alpha value is -4.21. The van der Waals surface area contributed by atoms with Crippen molar-refractivity contribution in [3.63, 3.8) is 0 Å². The van der Waals surface area contributed by atoms with E-state index in [1.54, 1.807) is 0 Å². The molecule has 3 rings (SSSR count). The van der Waals surface area contributed by atoms with Crippen LogP contribution in [0.3, 0.4) is 0 Å². The third kappa shape index (κ3) is 5.94. The van der Waals surface area contributed by atoms with E-state index in [0.717, 1.165) is 0 Å².